The number of piperazine rings is 1. The molecule has 6 rings (SSSR count). The van der Waals surface area contributed by atoms with Crippen molar-refractivity contribution >= 4 is 55.6 Å². The van der Waals surface area contributed by atoms with Crippen LogP contribution < -0.4 is 10.1 Å². The zero-order chi connectivity index (χ0) is 31.7. The SMILES string of the molecule is CC(C)(C)OC(=O)CCC(=O)c1cn(-c2nc(OC(=O)N3CCNCC3)c3cc(-c4ccco4)ccc3n2)c2ccc(Br)cc12. The number of nitrogens with one attached hydrogen (secondary N) is 1. The van der Waals surface area contributed by atoms with E-state index in [1.54, 1.807) is 48.8 Å². The van der Waals surface area contributed by atoms with Crippen LogP contribution in [0.3, 0.4) is 0 Å². The number of ether oxygens (including phenoxy) is 2. The van der Waals surface area contributed by atoms with Gasteiger partial charge >= 0.3 is 12.1 Å². The van der Waals surface area contributed by atoms with Gasteiger partial charge in [-0.25, -0.2) is 9.78 Å². The molecular weight excluding hydrogens is 642 g/mol. The lowest BCUT2D eigenvalue weighted by Crippen LogP contribution is -2.47. The van der Waals surface area contributed by atoms with Gasteiger partial charge in [0.25, 0.3) is 0 Å². The molecule has 1 fully saturated rings. The average Bonchev–Trinajstić information content (AvgIpc) is 3.68. The lowest BCUT2D eigenvalue weighted by Gasteiger charge is -2.26. The number of aromatic nitrogens is 3. The number of benzene rings is 2. The number of rotatable bonds is 7. The second-order valence-corrected chi connectivity index (χ2v) is 12.6. The van der Waals surface area contributed by atoms with Crippen LogP contribution in [0.1, 0.15) is 44.0 Å². The van der Waals surface area contributed by atoms with E-state index in [9.17, 15) is 14.4 Å². The number of carbonyl (C=O) groups excluding carboxylic acids is 3. The minimum atomic E-state index is -0.640. The number of esters is 1. The van der Waals surface area contributed by atoms with Gasteiger partial charge in [-0.05, 0) is 69.3 Å². The van der Waals surface area contributed by atoms with E-state index in [1.807, 2.05) is 42.5 Å². The largest absolute Gasteiger partial charge is 0.464 e. The molecule has 1 amide bonds. The predicted molar refractivity (Wildman–Crippen MR) is 172 cm³/mol. The van der Waals surface area contributed by atoms with Gasteiger partial charge in [0.2, 0.25) is 11.8 Å². The molecule has 0 saturated carbocycles. The molecule has 11 nitrogen and oxygen atoms in total. The summed E-state index contributed by atoms with van der Waals surface area (Å²) in [6.07, 6.45) is 2.67. The highest BCUT2D eigenvalue weighted by Gasteiger charge is 2.24. The molecule has 1 saturated heterocycles. The third kappa shape index (κ3) is 6.76. The third-order valence-corrected chi connectivity index (χ3v) is 7.77. The molecule has 4 heterocycles. The summed E-state index contributed by atoms with van der Waals surface area (Å²) in [5.74, 6) is 0.288. The number of halogens is 1. The van der Waals surface area contributed by atoms with Crippen molar-refractivity contribution in [2.45, 2.75) is 39.2 Å². The van der Waals surface area contributed by atoms with Crippen LogP contribution in [-0.2, 0) is 9.53 Å². The van der Waals surface area contributed by atoms with E-state index in [-0.39, 0.29) is 30.5 Å². The van der Waals surface area contributed by atoms with Crippen molar-refractivity contribution in [3.63, 3.8) is 0 Å². The molecule has 0 bridgehead atoms. The zero-order valence-corrected chi connectivity index (χ0v) is 26.7. The van der Waals surface area contributed by atoms with Gasteiger partial charge in [0.1, 0.15) is 11.4 Å². The molecule has 0 unspecified atom stereocenters. The second kappa shape index (κ2) is 12.4. The first-order chi connectivity index (χ1) is 21.6. The summed E-state index contributed by atoms with van der Waals surface area (Å²) in [5.41, 5.74) is 1.75. The van der Waals surface area contributed by atoms with Crippen LogP contribution in [0, 0.1) is 0 Å². The Labute approximate surface area is 267 Å². The number of amides is 1. The second-order valence-electron chi connectivity index (χ2n) is 11.7. The maximum atomic E-state index is 13.5. The number of ketones is 1. The molecule has 0 spiro atoms. The lowest BCUT2D eigenvalue weighted by atomic mass is 10.1. The summed E-state index contributed by atoms with van der Waals surface area (Å²) < 4.78 is 19.4. The molecule has 1 aliphatic rings. The summed E-state index contributed by atoms with van der Waals surface area (Å²) >= 11 is 3.51. The van der Waals surface area contributed by atoms with Crippen molar-refractivity contribution in [3.8, 4) is 23.2 Å². The Kier molecular flexibility index (Phi) is 8.43. The van der Waals surface area contributed by atoms with Gasteiger partial charge in [-0.15, -0.1) is 0 Å². The number of hydrogen-bond acceptors (Lipinski definition) is 9. The van der Waals surface area contributed by atoms with Gasteiger partial charge in [0, 0.05) is 59.8 Å². The van der Waals surface area contributed by atoms with Crippen LogP contribution in [0.25, 0.3) is 39.1 Å². The lowest BCUT2D eigenvalue weighted by molar-refractivity contribution is -0.154. The Bertz CT molecular complexity index is 1900. The smallest absolute Gasteiger partial charge is 0.416 e. The maximum absolute atomic E-state index is 13.5. The number of hydrogen-bond donors (Lipinski definition) is 1. The average molecular weight is 675 g/mol. The fourth-order valence-electron chi connectivity index (χ4n) is 5.20. The van der Waals surface area contributed by atoms with Crippen LogP contribution >= 0.6 is 15.9 Å². The Morgan fingerprint density at radius 3 is 2.53 bits per heavy atom. The molecule has 0 aliphatic carbocycles. The highest BCUT2D eigenvalue weighted by atomic mass is 79.9. The fraction of sp³-hybridized carbons (Fsp3) is 0.303. The van der Waals surface area contributed by atoms with Gasteiger partial charge in [0.05, 0.1) is 29.1 Å². The first kappa shape index (κ1) is 30.5. The van der Waals surface area contributed by atoms with Gasteiger partial charge in [-0.1, -0.05) is 15.9 Å². The van der Waals surface area contributed by atoms with Crippen molar-refractivity contribution in [3.05, 3.63) is 71.0 Å². The molecule has 12 heteroatoms. The standard InChI is InChI=1S/C33H32BrN5O6/c1-33(2,3)45-29(41)11-10-27(40)24-19-39(26-9-7-21(34)18-22(24)26)31-36-25-8-6-20(28-5-4-16-43-28)17-23(25)30(37-31)44-32(42)38-14-12-35-13-15-38/h4-9,16-19,35H,10-15H2,1-3H3. The van der Waals surface area contributed by atoms with E-state index in [2.05, 4.69) is 21.2 Å². The van der Waals surface area contributed by atoms with Crippen molar-refractivity contribution in [2.24, 2.45) is 0 Å². The molecule has 2 aromatic carbocycles. The third-order valence-electron chi connectivity index (χ3n) is 7.27. The Balaban J connectivity index is 1.42. The molecule has 0 atom stereocenters. The summed E-state index contributed by atoms with van der Waals surface area (Å²) in [5, 5.41) is 4.42. The van der Waals surface area contributed by atoms with Crippen LogP contribution in [-0.4, -0.2) is 69.1 Å². The van der Waals surface area contributed by atoms with Crippen LogP contribution in [0.4, 0.5) is 4.79 Å². The summed E-state index contributed by atoms with van der Waals surface area (Å²) in [4.78, 5) is 50.2. The monoisotopic (exact) mass is 673 g/mol. The minimum absolute atomic E-state index is 0.0256. The quantitative estimate of drug-likeness (QED) is 0.156. The van der Waals surface area contributed by atoms with Crippen molar-refractivity contribution in [1.29, 1.82) is 0 Å². The van der Waals surface area contributed by atoms with Crippen LogP contribution in [0.15, 0.2) is 69.9 Å². The first-order valence-electron chi connectivity index (χ1n) is 14.6. The maximum Gasteiger partial charge on any atom is 0.416 e. The predicted octanol–water partition coefficient (Wildman–Crippen LogP) is 6.30. The van der Waals surface area contributed by atoms with Crippen LogP contribution in [0.2, 0.25) is 0 Å². The van der Waals surface area contributed by atoms with E-state index in [0.29, 0.717) is 59.3 Å². The number of furan rings is 1. The molecule has 1 aliphatic heterocycles. The molecule has 3 aromatic heterocycles. The molecule has 5 aromatic rings. The van der Waals surface area contributed by atoms with E-state index >= 15 is 0 Å². The molecule has 0 radical (unpaired) electrons. The van der Waals surface area contributed by atoms with E-state index in [1.165, 1.54) is 0 Å². The topological polar surface area (TPSA) is 129 Å². The van der Waals surface area contributed by atoms with E-state index in [4.69, 9.17) is 23.9 Å². The first-order valence-corrected chi connectivity index (χ1v) is 15.4. The van der Waals surface area contributed by atoms with E-state index < -0.39 is 17.7 Å². The highest BCUT2D eigenvalue weighted by molar-refractivity contribution is 9.10. The summed E-state index contributed by atoms with van der Waals surface area (Å²) in [6.45, 7) is 7.72. The number of carbonyl (C=O) groups is 3. The molecule has 45 heavy (non-hydrogen) atoms. The van der Waals surface area contributed by atoms with Crippen molar-refractivity contribution in [2.75, 3.05) is 26.2 Å². The number of Topliss-reactive ketones (excluding diaryl/α,β-unsaturated/α-hetero) is 1. The Morgan fingerprint density at radius 1 is 1.00 bits per heavy atom. The van der Waals surface area contributed by atoms with E-state index in [0.717, 1.165) is 10.0 Å². The summed E-state index contributed by atoms with van der Waals surface area (Å²) in [6, 6.07) is 14.7. The zero-order valence-electron chi connectivity index (χ0n) is 25.1. The van der Waals surface area contributed by atoms with Crippen molar-refractivity contribution < 1.29 is 28.3 Å². The highest BCUT2D eigenvalue weighted by Crippen LogP contribution is 2.33. The van der Waals surface area contributed by atoms with Crippen LogP contribution in [0.5, 0.6) is 5.88 Å². The Hall–Kier alpha value is -4.55. The molecule has 1 N–H and O–H groups in total. The van der Waals surface area contributed by atoms with Gasteiger partial charge in [-0.3, -0.25) is 14.2 Å². The number of fused-ring (bicyclic) bond motifs is 2. The summed E-state index contributed by atoms with van der Waals surface area (Å²) in [7, 11) is 0. The Morgan fingerprint density at radius 2 is 1.80 bits per heavy atom. The van der Waals surface area contributed by atoms with Crippen molar-refractivity contribution in [1.82, 2.24) is 24.8 Å². The number of nitrogens with zero attached hydrogens (tertiary/aromatic N) is 4. The minimum Gasteiger partial charge on any atom is -0.464 e. The van der Waals surface area contributed by atoms with Gasteiger partial charge in [-0.2, -0.15) is 4.98 Å². The van der Waals surface area contributed by atoms with Gasteiger partial charge in [0.15, 0.2) is 5.78 Å². The molecule has 232 valence electrons. The van der Waals surface area contributed by atoms with Gasteiger partial charge < -0.3 is 24.1 Å². The fourth-order valence-corrected chi connectivity index (χ4v) is 5.56. The molecular formula is C33H32BrN5O6. The normalized spacial score (nSPS) is 13.7.